The minimum atomic E-state index is -5.43. The summed E-state index contributed by atoms with van der Waals surface area (Å²) in [7, 11) is 6.61. The van der Waals surface area contributed by atoms with Crippen molar-refractivity contribution in [3.8, 4) is 0 Å². The Balaban J connectivity index is 1.45. The summed E-state index contributed by atoms with van der Waals surface area (Å²) in [6.45, 7) is 15.0. The van der Waals surface area contributed by atoms with Gasteiger partial charge in [-0.1, -0.05) is 93.2 Å². The van der Waals surface area contributed by atoms with E-state index in [4.69, 9.17) is 0 Å². The van der Waals surface area contributed by atoms with Crippen LogP contribution in [-0.2, 0) is 77.9 Å². The highest BCUT2D eigenvalue weighted by molar-refractivity contribution is 6.00. The molecule has 1 spiro atoms. The quantitative estimate of drug-likeness (QED) is 0.148. The van der Waals surface area contributed by atoms with Crippen LogP contribution in [0.15, 0.2) is 36.4 Å². The Labute approximate surface area is 586 Å². The standard InChI is InChI=1S/C71H101F8N11O11/c1-15-41(7)58-67(100)85(11)43(9)63(96)90-31-27-52(90)66(99)87(13)54(36-44-21-24-46(25-22-44)70(74,75)76)65(98)84(10)38-55(91)81-50(26-23-45-34-48(72)57(49(73)35-45)71(77,78)79)64(97)89-30-19-20-51(89)61(94)83-69(28-17-18-29-69)68(101)88(14)59(42(8)16-2)62(95)80-47(32-39(3)4)37-56(92)86(12)53(33-40(5)6)60(93)82-58/h21-22,24-25,34-35,39-43,47,50-54,58-59H,15-20,23,26-33,36-38H2,1-14H3,(H,80,95)(H,81,91)(H,82,93)(H,83,94)/t41-,42-,43-,47+,50-,51-,52-,53-,54-,58-,59?/m0/s1. The van der Waals surface area contributed by atoms with Gasteiger partial charge in [0.2, 0.25) is 65.0 Å². The summed E-state index contributed by atoms with van der Waals surface area (Å²) >= 11 is 0. The Kier molecular flexibility index (Phi) is 27.9. The molecule has 4 N–H and O–H groups in total. The van der Waals surface area contributed by atoms with E-state index in [2.05, 4.69) is 21.3 Å². The van der Waals surface area contributed by atoms with Crippen molar-refractivity contribution in [3.05, 3.63) is 70.3 Å². The zero-order valence-electron chi connectivity index (χ0n) is 60.3. The summed E-state index contributed by atoms with van der Waals surface area (Å²) in [5.74, 6) is -13.7. The number of nitrogens with zero attached hydrogens (tertiary/aromatic N) is 7. The van der Waals surface area contributed by atoms with Gasteiger partial charge in [-0.25, -0.2) is 8.78 Å². The third-order valence-electron chi connectivity index (χ3n) is 20.6. The molecule has 0 aromatic heterocycles. The average Bonchev–Trinajstić information content (AvgIpc) is 1.78. The number of nitrogens with one attached hydrogen (secondary N) is 4. The lowest BCUT2D eigenvalue weighted by Gasteiger charge is -2.45. The molecule has 3 heterocycles. The molecule has 1 saturated carbocycles. The van der Waals surface area contributed by atoms with Crippen LogP contribution in [0.3, 0.4) is 0 Å². The Morgan fingerprint density at radius 3 is 1.69 bits per heavy atom. The van der Waals surface area contributed by atoms with Crippen LogP contribution in [0.5, 0.6) is 0 Å². The van der Waals surface area contributed by atoms with Crippen molar-refractivity contribution < 1.29 is 87.9 Å². The van der Waals surface area contributed by atoms with Crippen molar-refractivity contribution in [2.75, 3.05) is 54.9 Å². The van der Waals surface area contributed by atoms with Crippen LogP contribution < -0.4 is 21.3 Å². The van der Waals surface area contributed by atoms with Gasteiger partial charge in [0.1, 0.15) is 71.1 Å². The topological polar surface area (TPSA) is 259 Å². The number of rotatable bonds is 13. The molecule has 6 rings (SSSR count). The number of amides is 11. The highest BCUT2D eigenvalue weighted by Crippen LogP contribution is 2.37. The van der Waals surface area contributed by atoms with Crippen LogP contribution in [0.25, 0.3) is 0 Å². The smallest absolute Gasteiger partial charge is 0.351 e. The van der Waals surface area contributed by atoms with Crippen LogP contribution in [0.2, 0.25) is 0 Å². The number of aryl methyl sites for hydroxylation is 1. The van der Waals surface area contributed by atoms with E-state index in [0.717, 1.165) is 50.9 Å². The fourth-order valence-electron chi connectivity index (χ4n) is 14.0. The summed E-state index contributed by atoms with van der Waals surface area (Å²) < 4.78 is 113. The van der Waals surface area contributed by atoms with Crippen LogP contribution in [0, 0.1) is 35.3 Å². The monoisotopic (exact) mass is 1440 g/mol. The second kappa shape index (κ2) is 34.3. The summed E-state index contributed by atoms with van der Waals surface area (Å²) in [6.07, 6.45) is -9.47. The molecular formula is C71H101F8N11O11. The first kappa shape index (κ1) is 82.0. The maximum absolute atomic E-state index is 15.3. The van der Waals surface area contributed by atoms with Gasteiger partial charge in [-0.05, 0) is 124 Å². The Morgan fingerprint density at radius 2 is 1.16 bits per heavy atom. The molecule has 11 amide bonds. The van der Waals surface area contributed by atoms with E-state index in [9.17, 15) is 69.5 Å². The Hall–Kier alpha value is -7.95. The van der Waals surface area contributed by atoms with Crippen molar-refractivity contribution in [2.24, 2.45) is 23.7 Å². The second-order valence-corrected chi connectivity index (χ2v) is 28.9. The third-order valence-corrected chi connectivity index (χ3v) is 20.6. The maximum Gasteiger partial charge on any atom is 0.422 e. The molecule has 1 unspecified atom stereocenters. The molecule has 2 aromatic carbocycles. The fraction of sp³-hybridized carbons (Fsp3) is 0.676. The third kappa shape index (κ3) is 19.8. The van der Waals surface area contributed by atoms with E-state index < -0.39 is 198 Å². The molecule has 22 nitrogen and oxygen atoms in total. The molecule has 30 heteroatoms. The van der Waals surface area contributed by atoms with Gasteiger partial charge in [0.15, 0.2) is 0 Å². The number of benzene rings is 2. The number of fused-ring (bicyclic) bond motifs is 2. The van der Waals surface area contributed by atoms with Gasteiger partial charge in [-0.2, -0.15) is 26.3 Å². The lowest BCUT2D eigenvalue weighted by Crippen LogP contribution is -2.65. The summed E-state index contributed by atoms with van der Waals surface area (Å²) in [6, 6.07) is -7.08. The molecule has 562 valence electrons. The minimum Gasteiger partial charge on any atom is -0.351 e. The molecule has 0 bridgehead atoms. The number of halogens is 8. The predicted octanol–water partition coefficient (Wildman–Crippen LogP) is 7.03. The van der Waals surface area contributed by atoms with Crippen LogP contribution in [0.4, 0.5) is 35.1 Å². The second-order valence-electron chi connectivity index (χ2n) is 28.9. The zero-order chi connectivity index (χ0) is 75.7. The van der Waals surface area contributed by atoms with Crippen molar-refractivity contribution >= 4 is 65.0 Å². The van der Waals surface area contributed by atoms with Gasteiger partial charge in [-0.3, -0.25) is 52.7 Å². The van der Waals surface area contributed by atoms with E-state index in [1.54, 1.807) is 20.8 Å². The fourth-order valence-corrected chi connectivity index (χ4v) is 14.0. The van der Waals surface area contributed by atoms with Crippen LogP contribution >= 0.6 is 0 Å². The lowest BCUT2D eigenvalue weighted by atomic mass is 9.90. The first-order valence-corrected chi connectivity index (χ1v) is 34.9. The van der Waals surface area contributed by atoms with E-state index in [1.807, 2.05) is 34.6 Å². The van der Waals surface area contributed by atoms with Crippen LogP contribution in [0.1, 0.15) is 168 Å². The molecule has 101 heavy (non-hydrogen) atoms. The Bertz CT molecular complexity index is 3330. The zero-order valence-corrected chi connectivity index (χ0v) is 60.3. The van der Waals surface area contributed by atoms with Crippen molar-refractivity contribution in [3.63, 3.8) is 0 Å². The summed E-state index contributed by atoms with van der Waals surface area (Å²) in [5, 5.41) is 11.4. The van der Waals surface area contributed by atoms with Crippen molar-refractivity contribution in [1.29, 1.82) is 0 Å². The number of carbonyl (C=O) groups is 11. The molecule has 3 saturated heterocycles. The first-order valence-electron chi connectivity index (χ1n) is 34.9. The molecule has 4 fully saturated rings. The normalized spacial score (nSPS) is 26.0. The highest BCUT2D eigenvalue weighted by Gasteiger charge is 2.51. The number of carbonyl (C=O) groups excluding carboxylic acids is 11. The van der Waals surface area contributed by atoms with Gasteiger partial charge in [0, 0.05) is 67.2 Å². The molecule has 11 atom stereocenters. The first-order chi connectivity index (χ1) is 47.1. The van der Waals surface area contributed by atoms with Crippen LogP contribution in [-0.4, -0.2) is 214 Å². The number of alkyl halides is 6. The van der Waals surface area contributed by atoms with Gasteiger partial charge < -0.3 is 55.6 Å². The van der Waals surface area contributed by atoms with Crippen molar-refractivity contribution in [2.45, 2.75) is 231 Å². The predicted molar refractivity (Wildman–Crippen MR) is 357 cm³/mol. The molecule has 2 aromatic rings. The number of hydrogen-bond acceptors (Lipinski definition) is 11. The molecule has 3 aliphatic heterocycles. The SMILES string of the molecule is CC[C@H](C)C1C(=O)N[C@H](CC(C)C)CC(=O)N(C)[C@@H](CC(C)C)C(=O)N[C@@H]([C@@H](C)CC)C(=O)N(C)[C@@H](C)C(=O)N2CC[C@H]2C(=O)N(C)[C@@H](Cc2ccc(C(F)(F)F)cc2)C(=O)N(C)CC(=O)N[C@@H](CCc2cc(F)c(C(F)(F)F)c(F)c2)C(=O)N2CCC[C@H]2C(=O)NC2(CCCC2)C(=O)N1C. The molecule has 0 radical (unpaired) electrons. The van der Waals surface area contributed by atoms with E-state index in [1.165, 1.54) is 49.8 Å². The molecular weight excluding hydrogens is 1330 g/mol. The minimum absolute atomic E-state index is 0.00104. The highest BCUT2D eigenvalue weighted by atomic mass is 19.4. The lowest BCUT2D eigenvalue weighted by molar-refractivity contribution is -0.160. The number of likely N-dealkylation sites (N-methyl/N-ethyl adjacent to an activating group) is 5. The van der Waals surface area contributed by atoms with Crippen molar-refractivity contribution in [1.82, 2.24) is 55.6 Å². The van der Waals surface area contributed by atoms with Gasteiger partial charge in [0.05, 0.1) is 12.1 Å². The molecule has 1 aliphatic carbocycles. The van der Waals surface area contributed by atoms with E-state index in [0.29, 0.717) is 37.8 Å². The van der Waals surface area contributed by atoms with E-state index in [-0.39, 0.29) is 87.4 Å². The Morgan fingerprint density at radius 1 is 0.574 bits per heavy atom. The van der Waals surface area contributed by atoms with Gasteiger partial charge >= 0.3 is 12.4 Å². The van der Waals surface area contributed by atoms with E-state index >= 15 is 18.4 Å². The molecule has 4 aliphatic rings. The average molecular weight is 1440 g/mol. The largest absolute Gasteiger partial charge is 0.422 e. The number of hydrogen-bond donors (Lipinski definition) is 4. The summed E-state index contributed by atoms with van der Waals surface area (Å²) in [4.78, 5) is 171. The maximum atomic E-state index is 15.3. The summed E-state index contributed by atoms with van der Waals surface area (Å²) in [5.41, 5.74) is -5.07. The van der Waals surface area contributed by atoms with Gasteiger partial charge in [-0.15, -0.1) is 0 Å². The van der Waals surface area contributed by atoms with Gasteiger partial charge in [0.25, 0.3) is 0 Å².